The maximum absolute atomic E-state index is 8.80. The Morgan fingerprint density at radius 1 is 1.62 bits per heavy atom. The number of aromatic nitrogens is 2. The highest BCUT2D eigenvalue weighted by molar-refractivity contribution is 5.08. The number of nitrogens with two attached hydrogens (primary N) is 1. The molecule has 1 rings (SSSR count). The smallest absolute Gasteiger partial charge is 0.125 e. The molecule has 1 heterocycles. The molecule has 1 unspecified atom stereocenters. The van der Waals surface area contributed by atoms with E-state index in [0.29, 0.717) is 13.0 Å². The minimum absolute atomic E-state index is 0.144. The first kappa shape index (κ1) is 10.1. The summed E-state index contributed by atoms with van der Waals surface area (Å²) in [7, 11) is 0. The molecule has 4 nitrogen and oxygen atoms in total. The number of aryl methyl sites for hydroxylation is 1. The highest BCUT2D eigenvalue weighted by Gasteiger charge is 2.10. The normalized spacial score (nSPS) is 12.8. The molecule has 0 aliphatic carbocycles. The second-order valence-corrected chi connectivity index (χ2v) is 2.97. The van der Waals surface area contributed by atoms with E-state index in [1.807, 2.05) is 13.0 Å². The highest BCUT2D eigenvalue weighted by Crippen LogP contribution is 2.14. The molecular weight excluding hydrogens is 166 g/mol. The van der Waals surface area contributed by atoms with Gasteiger partial charge in [0.25, 0.3) is 0 Å². The maximum atomic E-state index is 8.80. The van der Waals surface area contributed by atoms with Crippen LogP contribution < -0.4 is 5.73 Å². The SMILES string of the molecule is Cc1nccc(C(CN)CCO)n1. The van der Waals surface area contributed by atoms with Crippen molar-refractivity contribution in [1.29, 1.82) is 0 Å². The Kier molecular flexibility index (Phi) is 3.79. The predicted molar refractivity (Wildman–Crippen MR) is 50.3 cm³/mol. The third kappa shape index (κ3) is 2.75. The monoisotopic (exact) mass is 181 g/mol. The van der Waals surface area contributed by atoms with Crippen LogP contribution in [-0.2, 0) is 0 Å². The quantitative estimate of drug-likeness (QED) is 0.696. The van der Waals surface area contributed by atoms with Crippen molar-refractivity contribution >= 4 is 0 Å². The summed E-state index contributed by atoms with van der Waals surface area (Å²) < 4.78 is 0. The lowest BCUT2D eigenvalue weighted by Gasteiger charge is -2.12. The molecule has 0 radical (unpaired) electrons. The average Bonchev–Trinajstić information content (AvgIpc) is 2.14. The minimum atomic E-state index is 0.144. The van der Waals surface area contributed by atoms with Gasteiger partial charge in [-0.1, -0.05) is 0 Å². The summed E-state index contributed by atoms with van der Waals surface area (Å²) in [6.07, 6.45) is 2.38. The third-order valence-electron chi connectivity index (χ3n) is 1.98. The standard InChI is InChI=1S/C9H15N3O/c1-7-11-4-2-9(12-7)8(6-10)3-5-13/h2,4,8,13H,3,5-6,10H2,1H3. The Morgan fingerprint density at radius 2 is 2.38 bits per heavy atom. The van der Waals surface area contributed by atoms with Crippen molar-refractivity contribution in [3.05, 3.63) is 23.8 Å². The zero-order valence-electron chi connectivity index (χ0n) is 7.77. The van der Waals surface area contributed by atoms with Gasteiger partial charge in [0.1, 0.15) is 5.82 Å². The number of aliphatic hydroxyl groups excluding tert-OH is 1. The first-order valence-electron chi connectivity index (χ1n) is 4.38. The zero-order valence-corrected chi connectivity index (χ0v) is 7.77. The minimum Gasteiger partial charge on any atom is -0.396 e. The van der Waals surface area contributed by atoms with Gasteiger partial charge in [0.2, 0.25) is 0 Å². The average molecular weight is 181 g/mol. The molecule has 0 fully saturated rings. The second-order valence-electron chi connectivity index (χ2n) is 2.97. The van der Waals surface area contributed by atoms with Crippen molar-refractivity contribution in [3.8, 4) is 0 Å². The van der Waals surface area contributed by atoms with E-state index in [1.54, 1.807) is 6.20 Å². The van der Waals surface area contributed by atoms with Gasteiger partial charge in [-0.15, -0.1) is 0 Å². The van der Waals surface area contributed by atoms with Gasteiger partial charge in [-0.05, 0) is 19.4 Å². The summed E-state index contributed by atoms with van der Waals surface area (Å²) in [5.41, 5.74) is 6.49. The van der Waals surface area contributed by atoms with Crippen LogP contribution >= 0.6 is 0 Å². The van der Waals surface area contributed by atoms with Crippen LogP contribution in [0.15, 0.2) is 12.3 Å². The molecule has 1 atom stereocenters. The van der Waals surface area contributed by atoms with Gasteiger partial charge >= 0.3 is 0 Å². The molecule has 0 spiro atoms. The van der Waals surface area contributed by atoms with E-state index in [9.17, 15) is 0 Å². The topological polar surface area (TPSA) is 72.0 Å². The predicted octanol–water partition coefficient (Wildman–Crippen LogP) is 0.210. The summed E-state index contributed by atoms with van der Waals surface area (Å²) in [5, 5.41) is 8.80. The van der Waals surface area contributed by atoms with Gasteiger partial charge in [0, 0.05) is 31.0 Å². The number of aliphatic hydroxyl groups is 1. The van der Waals surface area contributed by atoms with E-state index in [0.717, 1.165) is 11.5 Å². The van der Waals surface area contributed by atoms with Crippen molar-refractivity contribution in [1.82, 2.24) is 9.97 Å². The molecule has 0 saturated carbocycles. The van der Waals surface area contributed by atoms with Gasteiger partial charge in [0.05, 0.1) is 0 Å². The maximum Gasteiger partial charge on any atom is 0.125 e. The fraction of sp³-hybridized carbons (Fsp3) is 0.556. The molecule has 0 aliphatic rings. The van der Waals surface area contributed by atoms with Crippen LogP contribution in [-0.4, -0.2) is 28.2 Å². The molecule has 1 aromatic heterocycles. The lowest BCUT2D eigenvalue weighted by molar-refractivity contribution is 0.275. The molecule has 3 N–H and O–H groups in total. The van der Waals surface area contributed by atoms with Gasteiger partial charge in [-0.2, -0.15) is 0 Å². The highest BCUT2D eigenvalue weighted by atomic mass is 16.3. The molecule has 13 heavy (non-hydrogen) atoms. The first-order valence-corrected chi connectivity index (χ1v) is 4.38. The van der Waals surface area contributed by atoms with Crippen LogP contribution in [0.1, 0.15) is 23.9 Å². The van der Waals surface area contributed by atoms with Crippen molar-refractivity contribution < 1.29 is 5.11 Å². The fourth-order valence-corrected chi connectivity index (χ4v) is 1.24. The summed E-state index contributed by atoms with van der Waals surface area (Å²) in [4.78, 5) is 8.26. The van der Waals surface area contributed by atoms with E-state index in [1.165, 1.54) is 0 Å². The second kappa shape index (κ2) is 4.89. The Hall–Kier alpha value is -1.00. The Morgan fingerprint density at radius 3 is 2.92 bits per heavy atom. The molecule has 1 aromatic rings. The van der Waals surface area contributed by atoms with E-state index in [-0.39, 0.29) is 12.5 Å². The fourth-order valence-electron chi connectivity index (χ4n) is 1.24. The van der Waals surface area contributed by atoms with Crippen molar-refractivity contribution in [3.63, 3.8) is 0 Å². The van der Waals surface area contributed by atoms with E-state index in [2.05, 4.69) is 9.97 Å². The van der Waals surface area contributed by atoms with Crippen molar-refractivity contribution in [2.75, 3.05) is 13.2 Å². The van der Waals surface area contributed by atoms with Crippen LogP contribution in [0.25, 0.3) is 0 Å². The first-order chi connectivity index (χ1) is 6.27. The van der Waals surface area contributed by atoms with E-state index < -0.39 is 0 Å². The van der Waals surface area contributed by atoms with Crippen molar-refractivity contribution in [2.45, 2.75) is 19.3 Å². The Balaban J connectivity index is 2.78. The number of hydrogen-bond donors (Lipinski definition) is 2. The largest absolute Gasteiger partial charge is 0.396 e. The Labute approximate surface area is 77.8 Å². The van der Waals surface area contributed by atoms with Gasteiger partial charge in [0.15, 0.2) is 0 Å². The molecule has 0 bridgehead atoms. The molecule has 0 amide bonds. The van der Waals surface area contributed by atoms with Crippen molar-refractivity contribution in [2.24, 2.45) is 5.73 Å². The van der Waals surface area contributed by atoms with Crippen LogP contribution in [0.5, 0.6) is 0 Å². The molecule has 4 heteroatoms. The Bertz CT molecular complexity index is 265. The summed E-state index contributed by atoms with van der Waals surface area (Å²) in [5.74, 6) is 0.889. The third-order valence-corrected chi connectivity index (χ3v) is 1.98. The number of rotatable bonds is 4. The summed E-state index contributed by atoms with van der Waals surface area (Å²) in [6, 6.07) is 1.85. The molecule has 0 saturated heterocycles. The van der Waals surface area contributed by atoms with Gasteiger partial charge in [-0.25, -0.2) is 9.97 Å². The van der Waals surface area contributed by atoms with E-state index >= 15 is 0 Å². The van der Waals surface area contributed by atoms with Crippen LogP contribution in [0.4, 0.5) is 0 Å². The molecule has 72 valence electrons. The van der Waals surface area contributed by atoms with Crippen LogP contribution in [0.2, 0.25) is 0 Å². The number of hydrogen-bond acceptors (Lipinski definition) is 4. The van der Waals surface area contributed by atoms with Crippen LogP contribution in [0.3, 0.4) is 0 Å². The lowest BCUT2D eigenvalue weighted by Crippen LogP contribution is -2.15. The lowest BCUT2D eigenvalue weighted by atomic mass is 10.0. The molecular formula is C9H15N3O. The number of nitrogens with zero attached hydrogens (tertiary/aromatic N) is 2. The molecule has 0 aromatic carbocycles. The molecule has 0 aliphatic heterocycles. The summed E-state index contributed by atoms with van der Waals surface area (Å²) >= 11 is 0. The zero-order chi connectivity index (χ0) is 9.68. The van der Waals surface area contributed by atoms with E-state index in [4.69, 9.17) is 10.8 Å². The van der Waals surface area contributed by atoms with Gasteiger partial charge < -0.3 is 10.8 Å². The van der Waals surface area contributed by atoms with Gasteiger partial charge in [-0.3, -0.25) is 0 Å². The summed E-state index contributed by atoms with van der Waals surface area (Å²) in [6.45, 7) is 2.50. The van der Waals surface area contributed by atoms with Crippen LogP contribution in [0, 0.1) is 6.92 Å².